The first-order valence-corrected chi connectivity index (χ1v) is 29.3. The third-order valence-corrected chi connectivity index (χ3v) is 16.2. The van der Waals surface area contributed by atoms with Crippen molar-refractivity contribution in [2.75, 3.05) is 19.6 Å². The molecule has 418 valence electrons. The molecule has 11 aromatic rings. The van der Waals surface area contributed by atoms with E-state index >= 15 is 0 Å². The van der Waals surface area contributed by atoms with Gasteiger partial charge in [0.1, 0.15) is 17.2 Å². The summed E-state index contributed by atoms with van der Waals surface area (Å²) in [5.74, 6) is 1.47. The zero-order valence-corrected chi connectivity index (χ0v) is 51.1. The standard InChI is InChI=1S/C76H76ClN5O/c1-51-48-66(71(77)67(49-51)82(56-22-15-14-16-23-56)70-31-21-30-69(78-70)80(59-44-36-54(37-45-59)75(8,9)10)60-46-38-55(39-47-60)76(11,12)13)81(65-28-20-27-64-63-26-17-18-29-68(63)83-72(64)65)62-25-19-24-61(50-62)79(57-40-32-52(33-41-57)73(2,3)4)58-42-34-53(35-43-58)74(5,6)7/h14-50H,1-13H3. The van der Waals surface area contributed by atoms with Crippen LogP contribution in [0.15, 0.2) is 229 Å². The van der Waals surface area contributed by atoms with Crippen LogP contribution in [0.1, 0.15) is 111 Å². The van der Waals surface area contributed by atoms with Gasteiger partial charge in [-0.1, -0.05) is 204 Å². The lowest BCUT2D eigenvalue weighted by molar-refractivity contribution is 0.590. The van der Waals surface area contributed by atoms with Crippen LogP contribution < -0.4 is 19.6 Å². The Morgan fingerprint density at radius 1 is 0.325 bits per heavy atom. The molecule has 0 N–H and O–H groups in total. The van der Waals surface area contributed by atoms with E-state index in [1.807, 2.05) is 18.2 Å². The number of anilines is 12. The van der Waals surface area contributed by atoms with Crippen LogP contribution in [0, 0.1) is 6.92 Å². The number of rotatable bonds is 12. The Hall–Kier alpha value is -8.58. The van der Waals surface area contributed by atoms with Crippen molar-refractivity contribution in [1.82, 2.24) is 4.98 Å². The average Bonchev–Trinajstić information content (AvgIpc) is 3.39. The number of pyridine rings is 1. The van der Waals surface area contributed by atoms with Gasteiger partial charge in [-0.3, -0.25) is 9.80 Å². The minimum atomic E-state index is -0.00680. The second-order valence-corrected chi connectivity index (χ2v) is 26.5. The molecule has 7 heteroatoms. The molecule has 0 aliphatic rings. The molecule has 0 spiro atoms. The van der Waals surface area contributed by atoms with E-state index in [4.69, 9.17) is 21.0 Å². The largest absolute Gasteiger partial charge is 0.454 e. The molecule has 2 aromatic heterocycles. The fraction of sp³-hybridized carbons (Fsp3) is 0.224. The van der Waals surface area contributed by atoms with Crippen LogP contribution in [-0.2, 0) is 21.7 Å². The predicted molar refractivity (Wildman–Crippen MR) is 355 cm³/mol. The molecule has 9 aromatic carbocycles. The van der Waals surface area contributed by atoms with Crippen LogP contribution in [0.2, 0.25) is 5.02 Å². The van der Waals surface area contributed by atoms with E-state index in [1.165, 1.54) is 22.3 Å². The fourth-order valence-electron chi connectivity index (χ4n) is 11.1. The van der Waals surface area contributed by atoms with E-state index < -0.39 is 0 Å². The molecule has 0 radical (unpaired) electrons. The number of hydrogen-bond acceptors (Lipinski definition) is 6. The number of halogens is 1. The number of aromatic nitrogens is 1. The van der Waals surface area contributed by atoms with Crippen molar-refractivity contribution in [2.24, 2.45) is 0 Å². The van der Waals surface area contributed by atoms with Crippen molar-refractivity contribution in [1.29, 1.82) is 0 Å². The van der Waals surface area contributed by atoms with Crippen molar-refractivity contribution >= 4 is 102 Å². The maximum Gasteiger partial charge on any atom is 0.159 e. The van der Waals surface area contributed by atoms with Gasteiger partial charge in [0, 0.05) is 50.6 Å². The molecule has 0 aliphatic heterocycles. The van der Waals surface area contributed by atoms with Gasteiger partial charge in [-0.15, -0.1) is 0 Å². The lowest BCUT2D eigenvalue weighted by atomic mass is 9.86. The van der Waals surface area contributed by atoms with Gasteiger partial charge in [0.05, 0.1) is 22.1 Å². The van der Waals surface area contributed by atoms with Gasteiger partial charge in [-0.2, -0.15) is 0 Å². The highest BCUT2D eigenvalue weighted by molar-refractivity contribution is 6.37. The molecule has 0 saturated carbocycles. The Kier molecular flexibility index (Phi) is 14.9. The van der Waals surface area contributed by atoms with Crippen LogP contribution in [-0.4, -0.2) is 4.98 Å². The van der Waals surface area contributed by atoms with Crippen LogP contribution in [0.5, 0.6) is 0 Å². The Labute approximate surface area is 497 Å². The molecular weight excluding hydrogens is 1030 g/mol. The molecule has 83 heavy (non-hydrogen) atoms. The maximum atomic E-state index is 8.23. The summed E-state index contributed by atoms with van der Waals surface area (Å²) < 4.78 is 6.92. The number of nitrogens with zero attached hydrogens (tertiary/aromatic N) is 5. The van der Waals surface area contributed by atoms with Crippen molar-refractivity contribution < 1.29 is 4.42 Å². The number of aryl methyl sites for hydroxylation is 1. The molecule has 0 atom stereocenters. The maximum absolute atomic E-state index is 8.23. The summed E-state index contributed by atoms with van der Waals surface area (Å²) in [7, 11) is 0. The Bertz CT molecular complexity index is 3970. The summed E-state index contributed by atoms with van der Waals surface area (Å²) in [6, 6.07) is 80.3. The Morgan fingerprint density at radius 3 is 1.19 bits per heavy atom. The van der Waals surface area contributed by atoms with Gasteiger partial charge in [0.25, 0.3) is 0 Å². The molecule has 0 amide bonds. The van der Waals surface area contributed by atoms with E-state index in [-0.39, 0.29) is 21.7 Å². The zero-order chi connectivity index (χ0) is 58.6. The van der Waals surface area contributed by atoms with E-state index in [2.05, 4.69) is 316 Å². The van der Waals surface area contributed by atoms with Crippen LogP contribution >= 0.6 is 11.6 Å². The second-order valence-electron chi connectivity index (χ2n) is 26.1. The highest BCUT2D eigenvalue weighted by Crippen LogP contribution is 2.51. The van der Waals surface area contributed by atoms with Crippen molar-refractivity contribution in [3.8, 4) is 0 Å². The van der Waals surface area contributed by atoms with Gasteiger partial charge < -0.3 is 14.2 Å². The molecule has 0 fully saturated rings. The van der Waals surface area contributed by atoms with Crippen LogP contribution in [0.4, 0.5) is 68.5 Å². The number of benzene rings is 9. The van der Waals surface area contributed by atoms with Crippen molar-refractivity contribution in [3.05, 3.63) is 257 Å². The van der Waals surface area contributed by atoms with Crippen molar-refractivity contribution in [3.63, 3.8) is 0 Å². The summed E-state index contributed by atoms with van der Waals surface area (Å²) in [6.45, 7) is 29.2. The number of hydrogen-bond donors (Lipinski definition) is 0. The third-order valence-electron chi connectivity index (χ3n) is 15.8. The van der Waals surface area contributed by atoms with E-state index in [9.17, 15) is 0 Å². The SMILES string of the molecule is Cc1cc(N(c2ccccc2)c2cccc(N(c3ccc(C(C)(C)C)cc3)c3ccc(C(C)(C)C)cc3)n2)c(Cl)c(N(c2cccc(N(c3ccc(C(C)(C)C)cc3)c3ccc(C(C)(C)C)cc3)c2)c2cccc3c2oc2ccccc23)c1. The van der Waals surface area contributed by atoms with Gasteiger partial charge in [0.2, 0.25) is 0 Å². The van der Waals surface area contributed by atoms with E-state index in [0.717, 1.165) is 90.2 Å². The number of furan rings is 1. The van der Waals surface area contributed by atoms with Crippen LogP contribution in [0.3, 0.4) is 0 Å². The molecule has 6 nitrogen and oxygen atoms in total. The Balaban J connectivity index is 1.11. The average molecular weight is 1110 g/mol. The number of para-hydroxylation sites is 3. The molecule has 2 heterocycles. The normalized spacial score (nSPS) is 12.2. The smallest absolute Gasteiger partial charge is 0.159 e. The molecule has 0 saturated heterocycles. The van der Waals surface area contributed by atoms with Gasteiger partial charge in [-0.25, -0.2) is 4.98 Å². The first-order chi connectivity index (χ1) is 39.5. The monoisotopic (exact) mass is 1110 g/mol. The quantitative estimate of drug-likeness (QED) is 0.121. The van der Waals surface area contributed by atoms with E-state index in [0.29, 0.717) is 10.8 Å². The van der Waals surface area contributed by atoms with E-state index in [1.54, 1.807) is 0 Å². The minimum absolute atomic E-state index is 0.00508. The van der Waals surface area contributed by atoms with Gasteiger partial charge >= 0.3 is 0 Å². The molecular formula is C76H76ClN5O. The number of fused-ring (bicyclic) bond motifs is 3. The summed E-state index contributed by atoms with van der Waals surface area (Å²) in [5.41, 5.74) is 16.9. The van der Waals surface area contributed by atoms with Gasteiger partial charge in [0.15, 0.2) is 5.58 Å². The Morgan fingerprint density at radius 2 is 0.699 bits per heavy atom. The zero-order valence-electron chi connectivity index (χ0n) is 50.4. The van der Waals surface area contributed by atoms with Gasteiger partial charge in [-0.05, 0) is 172 Å². The first-order valence-electron chi connectivity index (χ1n) is 29.0. The summed E-state index contributed by atoms with van der Waals surface area (Å²) in [4.78, 5) is 14.7. The third kappa shape index (κ3) is 11.5. The summed E-state index contributed by atoms with van der Waals surface area (Å²) in [6.07, 6.45) is 0. The highest BCUT2D eigenvalue weighted by Gasteiger charge is 2.29. The van der Waals surface area contributed by atoms with Crippen molar-refractivity contribution in [2.45, 2.75) is 112 Å². The topological polar surface area (TPSA) is 39.0 Å². The minimum Gasteiger partial charge on any atom is -0.454 e. The predicted octanol–water partition coefficient (Wildman–Crippen LogP) is 23.0. The van der Waals surface area contributed by atoms with Crippen LogP contribution in [0.25, 0.3) is 21.9 Å². The lowest BCUT2D eigenvalue weighted by Crippen LogP contribution is -2.18. The lowest BCUT2D eigenvalue weighted by Gasteiger charge is -2.33. The summed E-state index contributed by atoms with van der Waals surface area (Å²) in [5, 5.41) is 2.59. The fourth-order valence-corrected chi connectivity index (χ4v) is 11.4. The second kappa shape index (κ2) is 22.0. The molecule has 11 rings (SSSR count). The molecule has 0 unspecified atom stereocenters. The highest BCUT2D eigenvalue weighted by atomic mass is 35.5. The molecule has 0 bridgehead atoms. The first kappa shape index (κ1) is 56.3. The molecule has 0 aliphatic carbocycles. The summed E-state index contributed by atoms with van der Waals surface area (Å²) >= 11 is 8.23.